The molecule has 0 aromatic heterocycles. The third-order valence-electron chi connectivity index (χ3n) is 5.51. The maximum atomic E-state index is 12.8. The molecule has 0 amide bonds. The van der Waals surface area contributed by atoms with E-state index in [0.29, 0.717) is 6.54 Å². The minimum Gasteiger partial charge on any atom is -0.212 e. The van der Waals surface area contributed by atoms with E-state index in [0.717, 1.165) is 31.2 Å². The molecule has 1 aromatic carbocycles. The molecular weight excluding hydrogens is 342 g/mol. The van der Waals surface area contributed by atoms with Crippen LogP contribution >= 0.6 is 0 Å². The maximum absolute atomic E-state index is 12.8. The van der Waals surface area contributed by atoms with Crippen LogP contribution in [0.1, 0.15) is 89.5 Å². The van der Waals surface area contributed by atoms with Gasteiger partial charge < -0.3 is 0 Å². The molecule has 1 unspecified atom stereocenters. The molecule has 148 valence electrons. The van der Waals surface area contributed by atoms with E-state index in [9.17, 15) is 8.42 Å². The normalized spacial score (nSPS) is 18.4. The zero-order valence-electron chi connectivity index (χ0n) is 16.5. The maximum Gasteiger partial charge on any atom is 0.218 e. The van der Waals surface area contributed by atoms with Gasteiger partial charge in [0, 0.05) is 12.6 Å². The van der Waals surface area contributed by atoms with E-state index in [2.05, 4.69) is 6.92 Å². The number of sulfonamides is 1. The summed E-state index contributed by atoms with van der Waals surface area (Å²) in [5, 5.41) is 0. The molecule has 1 saturated heterocycles. The van der Waals surface area contributed by atoms with Crippen LogP contribution < -0.4 is 0 Å². The molecule has 0 bridgehead atoms. The standard InChI is InChI=1S/C22H37NO2S/c1-2-3-4-5-6-7-8-9-13-17-22-18-14-19-23(22)26(24,25)20-21-15-11-10-12-16-21/h10-12,15-16,22H,2-9,13-14,17-20H2,1H3. The van der Waals surface area contributed by atoms with E-state index < -0.39 is 10.0 Å². The highest BCUT2D eigenvalue weighted by Gasteiger charge is 2.33. The van der Waals surface area contributed by atoms with Crippen LogP contribution in [-0.4, -0.2) is 25.3 Å². The van der Waals surface area contributed by atoms with Crippen molar-refractivity contribution in [3.05, 3.63) is 35.9 Å². The fourth-order valence-corrected chi connectivity index (χ4v) is 5.87. The average Bonchev–Trinajstić information content (AvgIpc) is 3.10. The summed E-state index contributed by atoms with van der Waals surface area (Å²) in [5.74, 6) is 0.141. The first-order chi connectivity index (χ1) is 12.6. The number of rotatable bonds is 13. The highest BCUT2D eigenvalue weighted by Crippen LogP contribution is 2.27. The van der Waals surface area contributed by atoms with E-state index >= 15 is 0 Å². The van der Waals surface area contributed by atoms with Gasteiger partial charge in [0.25, 0.3) is 0 Å². The van der Waals surface area contributed by atoms with Gasteiger partial charge in [0.1, 0.15) is 0 Å². The summed E-state index contributed by atoms with van der Waals surface area (Å²) in [6, 6.07) is 9.79. The molecule has 0 N–H and O–H groups in total. The Balaban J connectivity index is 1.67. The minimum atomic E-state index is -3.19. The van der Waals surface area contributed by atoms with Crippen molar-refractivity contribution < 1.29 is 8.42 Å². The van der Waals surface area contributed by atoms with Gasteiger partial charge in [-0.05, 0) is 24.8 Å². The summed E-state index contributed by atoms with van der Waals surface area (Å²) in [5.41, 5.74) is 0.890. The summed E-state index contributed by atoms with van der Waals surface area (Å²) in [6.45, 7) is 2.96. The van der Waals surface area contributed by atoms with Crippen molar-refractivity contribution in [2.75, 3.05) is 6.54 Å². The number of hydrogen-bond donors (Lipinski definition) is 0. The largest absolute Gasteiger partial charge is 0.218 e. The molecule has 0 saturated carbocycles. The lowest BCUT2D eigenvalue weighted by atomic mass is 10.0. The second kappa shape index (κ2) is 11.8. The monoisotopic (exact) mass is 379 g/mol. The Labute approximate surface area is 161 Å². The molecule has 0 spiro atoms. The highest BCUT2D eigenvalue weighted by atomic mass is 32.2. The van der Waals surface area contributed by atoms with E-state index in [-0.39, 0.29) is 11.8 Å². The van der Waals surface area contributed by atoms with Gasteiger partial charge in [-0.2, -0.15) is 4.31 Å². The summed E-state index contributed by atoms with van der Waals surface area (Å²) in [6.07, 6.45) is 14.9. The molecule has 4 heteroatoms. The Kier molecular flexibility index (Phi) is 9.69. The van der Waals surface area contributed by atoms with Gasteiger partial charge in [0.15, 0.2) is 0 Å². The van der Waals surface area contributed by atoms with Crippen LogP contribution in [0, 0.1) is 0 Å². The Morgan fingerprint density at radius 2 is 1.54 bits per heavy atom. The van der Waals surface area contributed by atoms with E-state index in [1.807, 2.05) is 30.3 Å². The van der Waals surface area contributed by atoms with Gasteiger partial charge in [0.2, 0.25) is 10.0 Å². The van der Waals surface area contributed by atoms with Crippen molar-refractivity contribution in [1.82, 2.24) is 4.31 Å². The Bertz CT molecular complexity index is 585. The second-order valence-electron chi connectivity index (χ2n) is 7.77. The van der Waals surface area contributed by atoms with Crippen molar-refractivity contribution in [1.29, 1.82) is 0 Å². The number of benzene rings is 1. The zero-order chi connectivity index (χ0) is 18.7. The SMILES string of the molecule is CCCCCCCCCCCC1CCCN1S(=O)(=O)Cc1ccccc1. The molecule has 1 aliphatic heterocycles. The molecule has 1 aromatic rings. The Hall–Kier alpha value is -0.870. The molecule has 1 atom stereocenters. The highest BCUT2D eigenvalue weighted by molar-refractivity contribution is 7.88. The molecular formula is C22H37NO2S. The fourth-order valence-electron chi connectivity index (χ4n) is 4.02. The number of hydrogen-bond acceptors (Lipinski definition) is 2. The van der Waals surface area contributed by atoms with Crippen LogP contribution in [-0.2, 0) is 15.8 Å². The Morgan fingerprint density at radius 1 is 0.923 bits per heavy atom. The Morgan fingerprint density at radius 3 is 2.19 bits per heavy atom. The zero-order valence-corrected chi connectivity index (χ0v) is 17.4. The summed E-state index contributed by atoms with van der Waals surface area (Å²) in [7, 11) is -3.19. The molecule has 26 heavy (non-hydrogen) atoms. The van der Waals surface area contributed by atoms with Gasteiger partial charge in [0.05, 0.1) is 5.75 Å². The van der Waals surface area contributed by atoms with Crippen LogP contribution in [0.5, 0.6) is 0 Å². The lowest BCUT2D eigenvalue weighted by molar-refractivity contribution is 0.358. The van der Waals surface area contributed by atoms with Crippen molar-refractivity contribution in [2.24, 2.45) is 0 Å². The minimum absolute atomic E-state index is 0.141. The summed E-state index contributed by atoms with van der Waals surface area (Å²) < 4.78 is 27.4. The summed E-state index contributed by atoms with van der Waals surface area (Å²) in [4.78, 5) is 0. The second-order valence-corrected chi connectivity index (χ2v) is 9.69. The molecule has 0 aliphatic carbocycles. The first-order valence-corrected chi connectivity index (χ1v) is 12.3. The fraction of sp³-hybridized carbons (Fsp3) is 0.727. The predicted molar refractivity (Wildman–Crippen MR) is 111 cm³/mol. The molecule has 1 fully saturated rings. The molecule has 0 radical (unpaired) electrons. The van der Waals surface area contributed by atoms with Gasteiger partial charge in [-0.3, -0.25) is 0 Å². The van der Waals surface area contributed by atoms with E-state index in [1.165, 1.54) is 51.4 Å². The third-order valence-corrected chi connectivity index (χ3v) is 7.41. The van der Waals surface area contributed by atoms with Crippen molar-refractivity contribution in [2.45, 2.75) is 95.8 Å². The van der Waals surface area contributed by atoms with Crippen molar-refractivity contribution in [3.63, 3.8) is 0 Å². The first kappa shape index (κ1) is 21.4. The average molecular weight is 380 g/mol. The van der Waals surface area contributed by atoms with E-state index in [4.69, 9.17) is 0 Å². The van der Waals surface area contributed by atoms with Crippen molar-refractivity contribution >= 4 is 10.0 Å². The molecule has 2 rings (SSSR count). The van der Waals surface area contributed by atoms with Gasteiger partial charge >= 0.3 is 0 Å². The first-order valence-electron chi connectivity index (χ1n) is 10.7. The van der Waals surface area contributed by atoms with Crippen molar-refractivity contribution in [3.8, 4) is 0 Å². The van der Waals surface area contributed by atoms with Gasteiger partial charge in [-0.1, -0.05) is 95.0 Å². The van der Waals surface area contributed by atoms with Crippen LogP contribution in [0.4, 0.5) is 0 Å². The predicted octanol–water partition coefficient (Wildman–Crippen LogP) is 5.90. The topological polar surface area (TPSA) is 37.4 Å². The molecule has 3 nitrogen and oxygen atoms in total. The molecule has 1 aliphatic rings. The van der Waals surface area contributed by atoms with E-state index in [1.54, 1.807) is 4.31 Å². The smallest absolute Gasteiger partial charge is 0.212 e. The van der Waals surface area contributed by atoms with Crippen LogP contribution in [0.15, 0.2) is 30.3 Å². The quantitative estimate of drug-likeness (QED) is 0.400. The third kappa shape index (κ3) is 7.40. The van der Waals surface area contributed by atoms with Crippen LogP contribution in [0.2, 0.25) is 0 Å². The summed E-state index contributed by atoms with van der Waals surface area (Å²) >= 11 is 0. The number of unbranched alkanes of at least 4 members (excludes halogenated alkanes) is 8. The lowest BCUT2D eigenvalue weighted by Gasteiger charge is -2.24. The van der Waals surface area contributed by atoms with Crippen LogP contribution in [0.3, 0.4) is 0 Å². The number of nitrogens with zero attached hydrogens (tertiary/aromatic N) is 1. The lowest BCUT2D eigenvalue weighted by Crippen LogP contribution is -2.36. The van der Waals surface area contributed by atoms with Gasteiger partial charge in [-0.15, -0.1) is 0 Å². The molecule has 1 heterocycles. The van der Waals surface area contributed by atoms with Crippen LogP contribution in [0.25, 0.3) is 0 Å². The van der Waals surface area contributed by atoms with Gasteiger partial charge in [-0.25, -0.2) is 8.42 Å².